The number of halogens is 3. The summed E-state index contributed by atoms with van der Waals surface area (Å²) < 4.78 is 13.3. The summed E-state index contributed by atoms with van der Waals surface area (Å²) in [7, 11) is 1.51. The van der Waals surface area contributed by atoms with E-state index in [2.05, 4.69) is 37.2 Å². The molecule has 1 heterocycles. The largest absolute Gasteiger partial charge is 0.493 e. The molecular weight excluding hydrogens is 676 g/mol. The van der Waals surface area contributed by atoms with Gasteiger partial charge in [-0.25, -0.2) is 0 Å². The number of nitrogens with one attached hydrogen (secondary N) is 1. The number of anilines is 2. The number of rotatable bonds is 7. The van der Waals surface area contributed by atoms with Gasteiger partial charge in [0.05, 0.1) is 22.7 Å². The molecule has 0 aromatic heterocycles. The molecule has 196 valence electrons. The van der Waals surface area contributed by atoms with Gasteiger partial charge in [-0.2, -0.15) is 0 Å². The molecule has 1 N–H and O–H groups in total. The SMILES string of the molecule is COc1cc(/C=C2/SC(=S)N(c3ccc(Br)c(Cl)c3)C2=O)ccc1OCC(=O)Nc1ccc(Br)c(C)c1C. The molecule has 1 fully saturated rings. The highest BCUT2D eigenvalue weighted by Crippen LogP contribution is 2.39. The Morgan fingerprint density at radius 3 is 2.53 bits per heavy atom. The van der Waals surface area contributed by atoms with E-state index in [1.54, 1.807) is 42.5 Å². The highest BCUT2D eigenvalue weighted by atomic mass is 79.9. The average Bonchev–Trinajstić information content (AvgIpc) is 3.17. The van der Waals surface area contributed by atoms with Crippen molar-refractivity contribution in [1.82, 2.24) is 0 Å². The maximum absolute atomic E-state index is 13.1. The highest BCUT2D eigenvalue weighted by Gasteiger charge is 2.33. The van der Waals surface area contributed by atoms with E-state index in [-0.39, 0.29) is 18.4 Å². The Labute approximate surface area is 252 Å². The van der Waals surface area contributed by atoms with E-state index >= 15 is 0 Å². The zero-order valence-electron chi connectivity index (χ0n) is 20.4. The molecule has 1 aliphatic heterocycles. The number of thiocarbonyl (C=S) groups is 1. The van der Waals surface area contributed by atoms with Crippen molar-refractivity contribution in [1.29, 1.82) is 0 Å². The minimum absolute atomic E-state index is 0.196. The van der Waals surface area contributed by atoms with E-state index in [0.29, 0.717) is 37.0 Å². The first-order chi connectivity index (χ1) is 18.1. The number of ether oxygens (including phenoxy) is 2. The molecule has 6 nitrogen and oxygen atoms in total. The van der Waals surface area contributed by atoms with Crippen molar-refractivity contribution >= 4 is 101 Å². The van der Waals surface area contributed by atoms with Crippen LogP contribution in [-0.4, -0.2) is 29.9 Å². The van der Waals surface area contributed by atoms with Crippen molar-refractivity contribution < 1.29 is 19.1 Å². The monoisotopic (exact) mass is 694 g/mol. The van der Waals surface area contributed by atoms with Gasteiger partial charge in [0.15, 0.2) is 22.4 Å². The van der Waals surface area contributed by atoms with Crippen molar-refractivity contribution in [2.24, 2.45) is 0 Å². The molecule has 3 aromatic carbocycles. The van der Waals surface area contributed by atoms with E-state index in [9.17, 15) is 9.59 Å². The lowest BCUT2D eigenvalue weighted by Gasteiger charge is -2.15. The van der Waals surface area contributed by atoms with Crippen LogP contribution in [0.5, 0.6) is 11.5 Å². The smallest absolute Gasteiger partial charge is 0.270 e. The van der Waals surface area contributed by atoms with Gasteiger partial charge in [0.25, 0.3) is 11.8 Å². The van der Waals surface area contributed by atoms with Gasteiger partial charge in [0.1, 0.15) is 0 Å². The van der Waals surface area contributed by atoms with Crippen LogP contribution in [0.2, 0.25) is 5.02 Å². The van der Waals surface area contributed by atoms with Crippen LogP contribution < -0.4 is 19.7 Å². The first-order valence-corrected chi connectivity index (χ1v) is 14.4. The minimum atomic E-state index is -0.294. The fourth-order valence-corrected chi connectivity index (χ4v) is 5.76. The zero-order chi connectivity index (χ0) is 27.6. The number of hydrogen-bond donors (Lipinski definition) is 1. The quantitative estimate of drug-likeness (QED) is 0.200. The molecule has 0 unspecified atom stereocenters. The van der Waals surface area contributed by atoms with E-state index in [1.165, 1.54) is 23.8 Å². The fraction of sp³-hybridized carbons (Fsp3) is 0.148. The van der Waals surface area contributed by atoms with Gasteiger partial charge in [-0.05, 0) is 95.0 Å². The van der Waals surface area contributed by atoms with E-state index < -0.39 is 0 Å². The molecule has 0 radical (unpaired) electrons. The molecule has 3 aromatic rings. The maximum atomic E-state index is 13.1. The highest BCUT2D eigenvalue weighted by molar-refractivity contribution is 9.10. The molecule has 4 rings (SSSR count). The molecule has 38 heavy (non-hydrogen) atoms. The van der Waals surface area contributed by atoms with Crippen molar-refractivity contribution in [3.05, 3.63) is 84.1 Å². The zero-order valence-corrected chi connectivity index (χ0v) is 26.0. The summed E-state index contributed by atoms with van der Waals surface area (Å²) in [6.07, 6.45) is 1.73. The average molecular weight is 697 g/mol. The third-order valence-electron chi connectivity index (χ3n) is 5.79. The number of thioether (sulfide) groups is 1. The van der Waals surface area contributed by atoms with Crippen molar-refractivity contribution in [3.63, 3.8) is 0 Å². The normalized spacial score (nSPS) is 14.3. The number of carbonyl (C=O) groups excluding carboxylic acids is 2. The van der Waals surface area contributed by atoms with Crippen LogP contribution in [0.3, 0.4) is 0 Å². The van der Waals surface area contributed by atoms with Crippen LogP contribution in [0.25, 0.3) is 6.08 Å². The number of hydrogen-bond acceptors (Lipinski definition) is 6. The summed E-state index contributed by atoms with van der Waals surface area (Å²) in [5, 5.41) is 3.36. The van der Waals surface area contributed by atoms with Crippen LogP contribution >= 0.6 is 67.4 Å². The van der Waals surface area contributed by atoms with E-state index in [1.807, 2.05) is 26.0 Å². The summed E-state index contributed by atoms with van der Waals surface area (Å²) >= 11 is 19.7. The Hall–Kier alpha value is -2.37. The second-order valence-corrected chi connectivity index (χ2v) is 12.0. The molecule has 0 atom stereocenters. The standard InChI is InChI=1S/C27H21Br2ClN2O4S2/c1-14-15(2)21(8-7-18(14)28)31-25(33)13-36-22-9-4-16(10-23(22)35-3)11-24-26(34)32(27(37)38-24)17-5-6-19(29)20(30)12-17/h4-12H,13H2,1-3H3,(H,31,33)/b24-11+. The lowest BCUT2D eigenvalue weighted by Crippen LogP contribution is -2.27. The lowest BCUT2D eigenvalue weighted by atomic mass is 10.1. The van der Waals surface area contributed by atoms with Gasteiger partial charge >= 0.3 is 0 Å². The number of carbonyl (C=O) groups is 2. The Balaban J connectivity index is 1.46. The number of benzene rings is 3. The van der Waals surface area contributed by atoms with Crippen LogP contribution in [0.15, 0.2) is 62.4 Å². The van der Waals surface area contributed by atoms with Gasteiger partial charge < -0.3 is 14.8 Å². The van der Waals surface area contributed by atoms with Crippen molar-refractivity contribution in [2.45, 2.75) is 13.8 Å². The van der Waals surface area contributed by atoms with Crippen LogP contribution in [-0.2, 0) is 9.59 Å². The molecule has 0 bridgehead atoms. The third kappa shape index (κ3) is 6.26. The summed E-state index contributed by atoms with van der Waals surface area (Å²) in [6.45, 7) is 3.73. The van der Waals surface area contributed by atoms with E-state index in [0.717, 1.165) is 25.8 Å². The first kappa shape index (κ1) is 28.6. The van der Waals surface area contributed by atoms with E-state index in [4.69, 9.17) is 33.3 Å². The van der Waals surface area contributed by atoms with Gasteiger partial charge in [-0.1, -0.05) is 57.6 Å². The predicted octanol–water partition coefficient (Wildman–Crippen LogP) is 7.91. The Morgan fingerprint density at radius 1 is 1.08 bits per heavy atom. The predicted molar refractivity (Wildman–Crippen MR) is 166 cm³/mol. The number of amides is 2. The second kappa shape index (κ2) is 12.2. The maximum Gasteiger partial charge on any atom is 0.270 e. The Bertz CT molecular complexity index is 1500. The summed E-state index contributed by atoms with van der Waals surface area (Å²) in [5.41, 5.74) is 4.07. The Morgan fingerprint density at radius 2 is 1.82 bits per heavy atom. The Kier molecular flexibility index (Phi) is 9.20. The second-order valence-electron chi connectivity index (χ2n) is 8.21. The molecule has 0 aliphatic carbocycles. The van der Waals surface area contributed by atoms with Crippen LogP contribution in [0, 0.1) is 13.8 Å². The number of methoxy groups -OCH3 is 1. The molecule has 0 spiro atoms. The molecule has 0 saturated carbocycles. The van der Waals surface area contributed by atoms with Gasteiger partial charge in [-0.15, -0.1) is 0 Å². The van der Waals surface area contributed by atoms with Crippen molar-refractivity contribution in [2.75, 3.05) is 23.9 Å². The molecule has 11 heteroatoms. The first-order valence-electron chi connectivity index (χ1n) is 11.2. The lowest BCUT2D eigenvalue weighted by molar-refractivity contribution is -0.118. The summed E-state index contributed by atoms with van der Waals surface area (Å²) in [5.74, 6) is 0.295. The topological polar surface area (TPSA) is 67.9 Å². The molecule has 1 aliphatic rings. The molecule has 1 saturated heterocycles. The van der Waals surface area contributed by atoms with Gasteiger partial charge in [-0.3, -0.25) is 14.5 Å². The van der Waals surface area contributed by atoms with Crippen LogP contribution in [0.1, 0.15) is 16.7 Å². The van der Waals surface area contributed by atoms with Gasteiger partial charge in [0, 0.05) is 14.6 Å². The molecular formula is C27H21Br2ClN2O4S2. The number of nitrogens with zero attached hydrogens (tertiary/aromatic N) is 1. The summed E-state index contributed by atoms with van der Waals surface area (Å²) in [6, 6.07) is 14.2. The van der Waals surface area contributed by atoms with Crippen molar-refractivity contribution in [3.8, 4) is 11.5 Å². The van der Waals surface area contributed by atoms with Crippen LogP contribution in [0.4, 0.5) is 11.4 Å². The third-order valence-corrected chi connectivity index (χ3v) is 9.19. The fourth-order valence-electron chi connectivity index (χ4n) is 3.61. The van der Waals surface area contributed by atoms with Gasteiger partial charge in [0.2, 0.25) is 0 Å². The molecule has 2 amide bonds. The summed E-state index contributed by atoms with van der Waals surface area (Å²) in [4.78, 5) is 27.6. The minimum Gasteiger partial charge on any atom is -0.493 e.